The molecular weight excluding hydrogens is 396 g/mol. The molecule has 3 aromatic heterocycles. The van der Waals surface area contributed by atoms with Crippen molar-refractivity contribution in [2.75, 3.05) is 6.61 Å². The van der Waals surface area contributed by atoms with Crippen molar-refractivity contribution in [1.82, 2.24) is 29.5 Å². The number of imidazole rings is 1. The number of aromatic nitrogens is 6. The van der Waals surface area contributed by atoms with E-state index < -0.39 is 5.97 Å². The summed E-state index contributed by atoms with van der Waals surface area (Å²) in [5.41, 5.74) is 5.03. The van der Waals surface area contributed by atoms with Gasteiger partial charge in [0, 0.05) is 35.8 Å². The van der Waals surface area contributed by atoms with Crippen LogP contribution in [-0.2, 0) is 18.2 Å². The summed E-state index contributed by atoms with van der Waals surface area (Å²) in [4.78, 5) is 20.5. The summed E-state index contributed by atoms with van der Waals surface area (Å²) >= 11 is 6.25. The van der Waals surface area contributed by atoms with Gasteiger partial charge in [0.25, 0.3) is 11.7 Å². The van der Waals surface area contributed by atoms with Crippen LogP contribution >= 0.6 is 11.6 Å². The summed E-state index contributed by atoms with van der Waals surface area (Å²) < 4.78 is 14.0. The fourth-order valence-corrected chi connectivity index (χ4v) is 3.68. The second kappa shape index (κ2) is 6.56. The second-order valence-corrected chi connectivity index (χ2v) is 7.00. The Morgan fingerprint density at radius 1 is 1.34 bits per heavy atom. The minimum Gasteiger partial charge on any atom is -0.460 e. The van der Waals surface area contributed by atoms with Crippen molar-refractivity contribution in [3.63, 3.8) is 0 Å². The quantitative estimate of drug-likeness (QED) is 0.421. The van der Waals surface area contributed by atoms with Gasteiger partial charge >= 0.3 is 5.97 Å². The van der Waals surface area contributed by atoms with Crippen LogP contribution in [-0.4, -0.2) is 42.0 Å². The number of rotatable bonds is 3. The molecule has 0 aliphatic carbocycles. The van der Waals surface area contributed by atoms with Gasteiger partial charge in [0.2, 0.25) is 0 Å². The summed E-state index contributed by atoms with van der Waals surface area (Å²) in [6.45, 7) is 1.94. The molecule has 4 aromatic rings. The number of carbonyl (C=O) groups excluding carboxylic acids is 1. The number of hydrogen-bond acceptors (Lipinski definition) is 7. The van der Waals surface area contributed by atoms with Crippen LogP contribution in [0, 0.1) is 0 Å². The molecule has 10 heteroatoms. The van der Waals surface area contributed by atoms with E-state index in [4.69, 9.17) is 20.9 Å². The lowest BCUT2D eigenvalue weighted by Crippen LogP contribution is -2.06. The summed E-state index contributed by atoms with van der Waals surface area (Å²) in [5.74, 6) is -0.613. The molecular formula is C19H15ClN6O3. The number of esters is 1. The van der Waals surface area contributed by atoms with E-state index in [1.165, 1.54) is 0 Å². The normalized spacial score (nSPS) is 12.1. The molecule has 0 bridgehead atoms. The van der Waals surface area contributed by atoms with Crippen LogP contribution in [0.5, 0.6) is 0 Å². The van der Waals surface area contributed by atoms with Gasteiger partial charge in [-0.05, 0) is 30.3 Å². The number of benzene rings is 1. The third-order valence-electron chi connectivity index (χ3n) is 4.69. The molecule has 0 atom stereocenters. The first-order valence-corrected chi connectivity index (χ1v) is 9.33. The van der Waals surface area contributed by atoms with Crippen molar-refractivity contribution < 1.29 is 14.1 Å². The summed E-state index contributed by atoms with van der Waals surface area (Å²) in [5, 5.41) is 8.97. The van der Waals surface area contributed by atoms with Crippen molar-refractivity contribution in [2.45, 2.75) is 13.3 Å². The first-order chi connectivity index (χ1) is 14.0. The Labute approximate surface area is 169 Å². The standard InChI is InChI=1S/C19H15ClN6O3/c1-3-28-19(27)17-22-18(29-24-17)16-14-6-10-8-25(2)23-15(10)12-7-11(20)4-5-13(12)26(14)9-21-16/h4-5,7-9H,3,6H2,1-2H3. The molecule has 0 amide bonds. The van der Waals surface area contributed by atoms with Crippen LogP contribution in [0.2, 0.25) is 5.02 Å². The second-order valence-electron chi connectivity index (χ2n) is 6.57. The lowest BCUT2D eigenvalue weighted by molar-refractivity contribution is 0.0508. The van der Waals surface area contributed by atoms with Crippen LogP contribution in [0.4, 0.5) is 0 Å². The number of halogens is 1. The van der Waals surface area contributed by atoms with Gasteiger partial charge in [-0.15, -0.1) is 0 Å². The molecule has 5 rings (SSSR count). The van der Waals surface area contributed by atoms with Gasteiger partial charge < -0.3 is 13.8 Å². The molecule has 1 aliphatic rings. The van der Waals surface area contributed by atoms with Gasteiger partial charge in [-0.1, -0.05) is 11.6 Å². The number of aryl methyl sites for hydroxylation is 1. The highest BCUT2D eigenvalue weighted by atomic mass is 35.5. The number of ether oxygens (including phenoxy) is 1. The molecule has 9 nitrogen and oxygen atoms in total. The summed E-state index contributed by atoms with van der Waals surface area (Å²) in [6.07, 6.45) is 4.20. The highest BCUT2D eigenvalue weighted by molar-refractivity contribution is 6.31. The fourth-order valence-electron chi connectivity index (χ4n) is 3.51. The van der Waals surface area contributed by atoms with Crippen molar-refractivity contribution in [2.24, 2.45) is 7.05 Å². The maximum Gasteiger partial charge on any atom is 0.379 e. The van der Waals surface area contributed by atoms with E-state index >= 15 is 0 Å². The Balaban J connectivity index is 1.67. The van der Waals surface area contributed by atoms with Crippen LogP contribution in [0.25, 0.3) is 28.5 Å². The van der Waals surface area contributed by atoms with E-state index in [0.29, 0.717) is 17.1 Å². The van der Waals surface area contributed by atoms with Gasteiger partial charge in [0.05, 0.1) is 23.7 Å². The molecule has 0 saturated heterocycles. The molecule has 29 heavy (non-hydrogen) atoms. The van der Waals surface area contributed by atoms with Crippen LogP contribution in [0.1, 0.15) is 28.8 Å². The minimum absolute atomic E-state index is 0.133. The van der Waals surface area contributed by atoms with Gasteiger partial charge in [-0.25, -0.2) is 9.78 Å². The highest BCUT2D eigenvalue weighted by Crippen LogP contribution is 2.38. The lowest BCUT2D eigenvalue weighted by atomic mass is 10.0. The summed E-state index contributed by atoms with van der Waals surface area (Å²) in [6, 6.07) is 5.64. The van der Waals surface area contributed by atoms with Gasteiger partial charge in [-0.2, -0.15) is 10.1 Å². The van der Waals surface area contributed by atoms with E-state index in [9.17, 15) is 4.79 Å². The molecule has 0 spiro atoms. The van der Waals surface area contributed by atoms with Gasteiger partial charge in [0.15, 0.2) is 5.69 Å². The maximum absolute atomic E-state index is 11.9. The molecule has 1 aliphatic heterocycles. The minimum atomic E-state index is -0.637. The smallest absolute Gasteiger partial charge is 0.379 e. The van der Waals surface area contributed by atoms with Crippen molar-refractivity contribution >= 4 is 17.6 Å². The highest BCUT2D eigenvalue weighted by Gasteiger charge is 2.28. The van der Waals surface area contributed by atoms with E-state index in [-0.39, 0.29) is 18.3 Å². The monoisotopic (exact) mass is 410 g/mol. The van der Waals surface area contributed by atoms with Crippen molar-refractivity contribution in [3.8, 4) is 28.5 Å². The van der Waals surface area contributed by atoms with Gasteiger partial charge in [-0.3, -0.25) is 4.68 Å². The molecule has 0 N–H and O–H groups in total. The van der Waals surface area contributed by atoms with E-state index in [0.717, 1.165) is 28.2 Å². The Bertz CT molecular complexity index is 1250. The molecule has 1 aromatic carbocycles. The Kier molecular flexibility index (Phi) is 3.99. The van der Waals surface area contributed by atoms with Gasteiger partial charge in [0.1, 0.15) is 6.33 Å². The molecule has 0 fully saturated rings. The van der Waals surface area contributed by atoms with Crippen molar-refractivity contribution in [1.29, 1.82) is 0 Å². The fraction of sp³-hybridized carbons (Fsp3) is 0.211. The zero-order valence-electron chi connectivity index (χ0n) is 15.6. The molecule has 0 radical (unpaired) electrons. The number of fused-ring (bicyclic) bond motifs is 5. The average Bonchev–Trinajstić information content (AvgIpc) is 3.39. The number of carbonyl (C=O) groups is 1. The molecule has 4 heterocycles. The molecule has 146 valence electrons. The number of nitrogens with zero attached hydrogens (tertiary/aromatic N) is 6. The predicted octanol–water partition coefficient (Wildman–Crippen LogP) is 3.06. The Morgan fingerprint density at radius 2 is 2.21 bits per heavy atom. The van der Waals surface area contributed by atoms with E-state index in [2.05, 4.69) is 20.2 Å². The molecule has 0 saturated carbocycles. The summed E-state index contributed by atoms with van der Waals surface area (Å²) in [7, 11) is 1.88. The number of hydrogen-bond donors (Lipinski definition) is 0. The zero-order chi connectivity index (χ0) is 20.1. The van der Waals surface area contributed by atoms with Crippen LogP contribution in [0.15, 0.2) is 35.2 Å². The zero-order valence-corrected chi connectivity index (χ0v) is 16.3. The maximum atomic E-state index is 11.9. The largest absolute Gasteiger partial charge is 0.460 e. The predicted molar refractivity (Wildman–Crippen MR) is 103 cm³/mol. The third kappa shape index (κ3) is 2.82. The SMILES string of the molecule is CCOC(=O)c1noc(-c2ncn3c2Cc2cn(C)nc2-c2cc(Cl)ccc2-3)n1. The van der Waals surface area contributed by atoms with Crippen molar-refractivity contribution in [3.05, 3.63) is 52.8 Å². The van der Waals surface area contributed by atoms with Crippen LogP contribution in [0.3, 0.4) is 0 Å². The average molecular weight is 411 g/mol. The Hall–Kier alpha value is -3.46. The van der Waals surface area contributed by atoms with Crippen LogP contribution < -0.4 is 0 Å². The first-order valence-electron chi connectivity index (χ1n) is 8.95. The molecule has 0 unspecified atom stereocenters. The topological polar surface area (TPSA) is 101 Å². The Morgan fingerprint density at radius 3 is 3.03 bits per heavy atom. The lowest BCUT2D eigenvalue weighted by Gasteiger charge is -2.09. The van der Waals surface area contributed by atoms with E-state index in [1.54, 1.807) is 17.9 Å². The van der Waals surface area contributed by atoms with E-state index in [1.807, 2.05) is 36.0 Å². The third-order valence-corrected chi connectivity index (χ3v) is 4.92. The first kappa shape index (κ1) is 17.6.